The number of aryl methyl sites for hydroxylation is 3. The number of fused-ring (bicyclic) bond motifs is 3. The third-order valence-corrected chi connectivity index (χ3v) is 8.00. The predicted molar refractivity (Wildman–Crippen MR) is 133 cm³/mol. The highest BCUT2D eigenvalue weighted by atomic mass is 32.2. The lowest BCUT2D eigenvalue weighted by molar-refractivity contribution is -0.147. The number of rotatable bonds is 5. The minimum Gasteiger partial charge on any atom is -0.455 e. The fourth-order valence-corrected chi connectivity index (χ4v) is 5.94. The minimum atomic E-state index is -0.550. The van der Waals surface area contributed by atoms with Crippen LogP contribution < -0.4 is 10.5 Å². The number of anilines is 2. The number of aromatic nitrogens is 2. The van der Waals surface area contributed by atoms with E-state index >= 15 is 0 Å². The Labute approximate surface area is 204 Å². The summed E-state index contributed by atoms with van der Waals surface area (Å²) in [6, 6.07) is 15.3. The van der Waals surface area contributed by atoms with Crippen molar-refractivity contribution in [2.45, 2.75) is 36.6 Å². The van der Waals surface area contributed by atoms with E-state index in [9.17, 15) is 14.4 Å². The number of nitrogens with zero attached hydrogens (tertiary/aromatic N) is 3. The summed E-state index contributed by atoms with van der Waals surface area (Å²) in [5.74, 6) is -0.885. The molecule has 0 saturated heterocycles. The molecule has 1 aliphatic heterocycles. The lowest BCUT2D eigenvalue weighted by Crippen LogP contribution is -2.32. The van der Waals surface area contributed by atoms with Crippen LogP contribution >= 0.6 is 23.1 Å². The van der Waals surface area contributed by atoms with Gasteiger partial charge in [-0.3, -0.25) is 23.9 Å². The van der Waals surface area contributed by atoms with Crippen molar-refractivity contribution in [2.75, 3.05) is 11.5 Å². The van der Waals surface area contributed by atoms with Crippen LogP contribution in [0.15, 0.2) is 69.4 Å². The molecule has 9 heteroatoms. The number of para-hydroxylation sites is 2. The van der Waals surface area contributed by atoms with Crippen LogP contribution in [-0.2, 0) is 20.9 Å². The van der Waals surface area contributed by atoms with Gasteiger partial charge in [-0.2, -0.15) is 0 Å². The molecule has 1 aliphatic rings. The van der Waals surface area contributed by atoms with E-state index in [1.54, 1.807) is 16.7 Å². The van der Waals surface area contributed by atoms with Gasteiger partial charge in [-0.15, -0.1) is 11.3 Å². The van der Waals surface area contributed by atoms with Crippen LogP contribution in [-0.4, -0.2) is 28.0 Å². The van der Waals surface area contributed by atoms with Crippen LogP contribution in [0.4, 0.5) is 11.4 Å². The van der Waals surface area contributed by atoms with Gasteiger partial charge in [-0.25, -0.2) is 4.98 Å². The van der Waals surface area contributed by atoms with Crippen LogP contribution in [0.5, 0.6) is 0 Å². The van der Waals surface area contributed by atoms with Gasteiger partial charge in [0.05, 0.1) is 29.5 Å². The number of amides is 1. The standard InChI is InChI=1S/C25H21N3O4S2/c1-15-16(2)33-24-23(15)25(31)27(14-26-24)12-11-22(30)32-13-21(29)28-17-7-3-5-9-19(17)34-20-10-6-4-8-18(20)28/h3-10,14H,11-13H2,1-2H3. The number of thiophene rings is 1. The molecule has 0 fully saturated rings. The first-order valence-corrected chi connectivity index (χ1v) is 12.4. The lowest BCUT2D eigenvalue weighted by atomic mass is 10.2. The highest BCUT2D eigenvalue weighted by Gasteiger charge is 2.28. The molecule has 0 atom stereocenters. The highest BCUT2D eigenvalue weighted by molar-refractivity contribution is 7.99. The third-order valence-electron chi connectivity index (χ3n) is 5.75. The highest BCUT2D eigenvalue weighted by Crippen LogP contribution is 2.47. The molecular weight excluding hydrogens is 470 g/mol. The number of esters is 1. The fourth-order valence-electron chi connectivity index (χ4n) is 3.89. The molecule has 0 N–H and O–H groups in total. The maximum Gasteiger partial charge on any atom is 0.308 e. The Balaban J connectivity index is 1.27. The average Bonchev–Trinajstić information content (AvgIpc) is 3.14. The van der Waals surface area contributed by atoms with Gasteiger partial charge in [-0.05, 0) is 43.7 Å². The Kier molecular flexibility index (Phi) is 5.97. The van der Waals surface area contributed by atoms with Crippen LogP contribution in [0, 0.1) is 13.8 Å². The number of benzene rings is 2. The molecular formula is C25H21N3O4S2. The quantitative estimate of drug-likeness (QED) is 0.372. The van der Waals surface area contributed by atoms with Crippen LogP contribution in [0.3, 0.4) is 0 Å². The van der Waals surface area contributed by atoms with Gasteiger partial charge in [-0.1, -0.05) is 36.0 Å². The van der Waals surface area contributed by atoms with E-state index in [4.69, 9.17) is 4.74 Å². The molecule has 0 saturated carbocycles. The molecule has 4 aromatic rings. The van der Waals surface area contributed by atoms with Gasteiger partial charge in [0.25, 0.3) is 11.5 Å². The van der Waals surface area contributed by atoms with Crippen molar-refractivity contribution in [3.05, 3.63) is 75.7 Å². The van der Waals surface area contributed by atoms with E-state index < -0.39 is 5.97 Å². The molecule has 0 unspecified atom stereocenters. The smallest absolute Gasteiger partial charge is 0.308 e. The van der Waals surface area contributed by atoms with Crippen LogP contribution in [0.25, 0.3) is 10.2 Å². The van der Waals surface area contributed by atoms with Crippen molar-refractivity contribution in [3.8, 4) is 0 Å². The van der Waals surface area contributed by atoms with Crippen molar-refractivity contribution in [1.29, 1.82) is 0 Å². The molecule has 7 nitrogen and oxygen atoms in total. The molecule has 3 heterocycles. The monoisotopic (exact) mass is 491 g/mol. The van der Waals surface area contributed by atoms with E-state index in [2.05, 4.69) is 4.98 Å². The van der Waals surface area contributed by atoms with Crippen LogP contribution in [0.1, 0.15) is 16.9 Å². The zero-order valence-corrected chi connectivity index (χ0v) is 20.2. The van der Waals surface area contributed by atoms with Crippen molar-refractivity contribution in [2.24, 2.45) is 0 Å². The van der Waals surface area contributed by atoms with Gasteiger partial charge in [0, 0.05) is 21.2 Å². The normalized spacial score (nSPS) is 12.4. The van der Waals surface area contributed by atoms with Crippen LogP contribution in [0.2, 0.25) is 0 Å². The van der Waals surface area contributed by atoms with E-state index in [0.717, 1.165) is 31.6 Å². The number of carbonyl (C=O) groups is 2. The second-order valence-corrected chi connectivity index (χ2v) is 10.2. The summed E-state index contributed by atoms with van der Waals surface area (Å²) in [7, 11) is 0. The molecule has 0 aliphatic carbocycles. The zero-order chi connectivity index (χ0) is 23.8. The summed E-state index contributed by atoms with van der Waals surface area (Å²) in [6.07, 6.45) is 1.42. The molecule has 0 radical (unpaired) electrons. The Bertz CT molecular complexity index is 1450. The molecule has 172 valence electrons. The summed E-state index contributed by atoms with van der Waals surface area (Å²) < 4.78 is 6.71. The summed E-state index contributed by atoms with van der Waals surface area (Å²) >= 11 is 3.08. The Hall–Kier alpha value is -3.43. The number of ether oxygens (including phenoxy) is 1. The molecule has 5 rings (SSSR count). The molecule has 34 heavy (non-hydrogen) atoms. The van der Waals surface area contributed by atoms with Crippen molar-refractivity contribution >= 4 is 56.6 Å². The fraction of sp³-hybridized carbons (Fsp3) is 0.200. The second kappa shape index (κ2) is 9.08. The Morgan fingerprint density at radius 3 is 2.32 bits per heavy atom. The van der Waals surface area contributed by atoms with Gasteiger partial charge in [0.2, 0.25) is 0 Å². The number of carbonyl (C=O) groups excluding carboxylic acids is 2. The first kappa shape index (κ1) is 22.4. The van der Waals surface area contributed by atoms with E-state index in [1.807, 2.05) is 62.4 Å². The van der Waals surface area contributed by atoms with Crippen molar-refractivity contribution in [3.63, 3.8) is 0 Å². The molecule has 0 bridgehead atoms. The number of hydrogen-bond donors (Lipinski definition) is 0. The second-order valence-electron chi connectivity index (χ2n) is 7.88. The summed E-state index contributed by atoms with van der Waals surface area (Å²) in [5, 5.41) is 0.592. The molecule has 2 aromatic carbocycles. The lowest BCUT2D eigenvalue weighted by Gasteiger charge is -2.30. The molecule has 0 spiro atoms. The van der Waals surface area contributed by atoms with Crippen molar-refractivity contribution in [1.82, 2.24) is 9.55 Å². The molecule has 2 aromatic heterocycles. The summed E-state index contributed by atoms with van der Waals surface area (Å²) in [5.41, 5.74) is 2.27. The Morgan fingerprint density at radius 1 is 1.00 bits per heavy atom. The molecule has 1 amide bonds. The van der Waals surface area contributed by atoms with Crippen molar-refractivity contribution < 1.29 is 14.3 Å². The summed E-state index contributed by atoms with van der Waals surface area (Å²) in [6.45, 7) is 3.60. The zero-order valence-electron chi connectivity index (χ0n) is 18.6. The van der Waals surface area contributed by atoms with E-state index in [0.29, 0.717) is 10.2 Å². The number of hydrogen-bond acceptors (Lipinski definition) is 7. The first-order chi connectivity index (χ1) is 16.4. The summed E-state index contributed by atoms with van der Waals surface area (Å²) in [4.78, 5) is 47.9. The van der Waals surface area contributed by atoms with Gasteiger partial charge >= 0.3 is 5.97 Å². The topological polar surface area (TPSA) is 81.5 Å². The minimum absolute atomic E-state index is 0.0361. The Morgan fingerprint density at radius 2 is 1.65 bits per heavy atom. The first-order valence-electron chi connectivity index (χ1n) is 10.7. The van der Waals surface area contributed by atoms with Gasteiger partial charge in [0.15, 0.2) is 6.61 Å². The SMILES string of the molecule is Cc1sc2ncn(CCC(=O)OCC(=O)N3c4ccccc4Sc4ccccc43)c(=O)c2c1C. The largest absolute Gasteiger partial charge is 0.455 e. The maximum absolute atomic E-state index is 13.1. The maximum atomic E-state index is 13.1. The van der Waals surface area contributed by atoms with Gasteiger partial charge < -0.3 is 4.74 Å². The predicted octanol–water partition coefficient (Wildman–Crippen LogP) is 4.84. The van der Waals surface area contributed by atoms with Gasteiger partial charge in [0.1, 0.15) is 4.83 Å². The van der Waals surface area contributed by atoms with E-state index in [-0.39, 0.29) is 31.0 Å². The third kappa shape index (κ3) is 4.01. The van der Waals surface area contributed by atoms with E-state index in [1.165, 1.54) is 22.2 Å². The average molecular weight is 492 g/mol.